The predicted octanol–water partition coefficient (Wildman–Crippen LogP) is 2.95. The molecule has 1 N–H and O–H groups in total. The quantitative estimate of drug-likeness (QED) is 0.774. The van der Waals surface area contributed by atoms with Crippen LogP contribution >= 0.6 is 0 Å². The maximum absolute atomic E-state index is 13.5. The van der Waals surface area contributed by atoms with Crippen molar-refractivity contribution in [2.24, 2.45) is 0 Å². The van der Waals surface area contributed by atoms with Crippen LogP contribution in [0.4, 0.5) is 4.39 Å². The molecule has 1 aromatic carbocycles. The van der Waals surface area contributed by atoms with Crippen LogP contribution in [-0.4, -0.2) is 11.7 Å². The second-order valence-electron chi connectivity index (χ2n) is 3.83. The molecule has 92 valence electrons. The first-order valence-electron chi connectivity index (χ1n) is 5.62. The normalized spacial score (nSPS) is 11.9. The van der Waals surface area contributed by atoms with Crippen LogP contribution in [0.3, 0.4) is 0 Å². The number of rotatable bonds is 6. The zero-order valence-electron chi connectivity index (χ0n) is 9.82. The second-order valence-corrected chi connectivity index (χ2v) is 3.83. The number of benzene rings is 1. The molecular weight excluding hydrogens is 221 g/mol. The van der Waals surface area contributed by atoms with E-state index in [1.54, 1.807) is 13.0 Å². The van der Waals surface area contributed by atoms with Crippen LogP contribution in [-0.2, 0) is 0 Å². The van der Waals surface area contributed by atoms with Crippen molar-refractivity contribution >= 4 is 0 Å². The number of nitrogens with zero attached hydrogens (tertiary/aromatic N) is 1. The Bertz CT molecular complexity index is 399. The van der Waals surface area contributed by atoms with Crippen molar-refractivity contribution in [2.75, 3.05) is 6.61 Å². The Balaban J connectivity index is 2.47. The third-order valence-corrected chi connectivity index (χ3v) is 2.38. The van der Waals surface area contributed by atoms with Gasteiger partial charge in [0.25, 0.3) is 0 Å². The molecule has 0 aliphatic heterocycles. The molecule has 0 aliphatic rings. The number of hydrogen-bond donors (Lipinski definition) is 1. The van der Waals surface area contributed by atoms with Crippen LogP contribution in [0, 0.1) is 17.1 Å². The maximum atomic E-state index is 13.5. The molecule has 3 nitrogen and oxygen atoms in total. The zero-order chi connectivity index (χ0) is 12.7. The van der Waals surface area contributed by atoms with Crippen molar-refractivity contribution in [1.82, 2.24) is 0 Å². The summed E-state index contributed by atoms with van der Waals surface area (Å²) < 4.78 is 18.7. The van der Waals surface area contributed by atoms with E-state index in [1.807, 2.05) is 6.07 Å². The van der Waals surface area contributed by atoms with Gasteiger partial charge in [-0.05, 0) is 37.5 Å². The SMILES string of the molecule is C[C@H](O)c1ccc(OCCCCC#N)c(F)c1. The van der Waals surface area contributed by atoms with Gasteiger partial charge in [0, 0.05) is 6.42 Å². The average molecular weight is 237 g/mol. The van der Waals surface area contributed by atoms with E-state index >= 15 is 0 Å². The Morgan fingerprint density at radius 2 is 2.24 bits per heavy atom. The Morgan fingerprint density at radius 3 is 2.82 bits per heavy atom. The molecule has 0 spiro atoms. The highest BCUT2D eigenvalue weighted by Gasteiger charge is 2.07. The van der Waals surface area contributed by atoms with E-state index in [9.17, 15) is 9.50 Å². The van der Waals surface area contributed by atoms with E-state index in [-0.39, 0.29) is 5.75 Å². The van der Waals surface area contributed by atoms with E-state index in [4.69, 9.17) is 10.00 Å². The van der Waals surface area contributed by atoms with Crippen molar-refractivity contribution in [3.63, 3.8) is 0 Å². The number of ether oxygens (including phenoxy) is 1. The molecule has 17 heavy (non-hydrogen) atoms. The number of halogens is 1. The molecule has 4 heteroatoms. The molecule has 0 unspecified atom stereocenters. The largest absolute Gasteiger partial charge is 0.491 e. The fourth-order valence-corrected chi connectivity index (χ4v) is 1.38. The average Bonchev–Trinajstić information content (AvgIpc) is 2.30. The summed E-state index contributed by atoms with van der Waals surface area (Å²) in [4.78, 5) is 0. The summed E-state index contributed by atoms with van der Waals surface area (Å²) in [5.41, 5.74) is 0.527. The van der Waals surface area contributed by atoms with E-state index in [1.165, 1.54) is 12.1 Å². The molecule has 0 aliphatic carbocycles. The fourth-order valence-electron chi connectivity index (χ4n) is 1.38. The number of hydrogen-bond acceptors (Lipinski definition) is 3. The van der Waals surface area contributed by atoms with Crippen LogP contribution in [0.25, 0.3) is 0 Å². The first-order valence-corrected chi connectivity index (χ1v) is 5.62. The summed E-state index contributed by atoms with van der Waals surface area (Å²) in [7, 11) is 0. The zero-order valence-corrected chi connectivity index (χ0v) is 9.82. The first-order chi connectivity index (χ1) is 8.15. The standard InChI is InChI=1S/C13H16FNO2/c1-10(16)11-5-6-13(12(14)9-11)17-8-4-2-3-7-15/h5-6,9-10,16H,2-4,8H2,1H3/t10-/m0/s1. The van der Waals surface area contributed by atoms with Gasteiger partial charge in [0.2, 0.25) is 0 Å². The van der Waals surface area contributed by atoms with Crippen LogP contribution in [0.1, 0.15) is 37.9 Å². The van der Waals surface area contributed by atoms with Gasteiger partial charge in [0.1, 0.15) is 0 Å². The highest BCUT2D eigenvalue weighted by atomic mass is 19.1. The van der Waals surface area contributed by atoms with Gasteiger partial charge < -0.3 is 9.84 Å². The van der Waals surface area contributed by atoms with Gasteiger partial charge in [-0.25, -0.2) is 4.39 Å². The lowest BCUT2D eigenvalue weighted by Crippen LogP contribution is -2.00. The van der Waals surface area contributed by atoms with Gasteiger partial charge in [-0.3, -0.25) is 0 Å². The summed E-state index contributed by atoms with van der Waals surface area (Å²) in [6.07, 6.45) is 1.29. The third kappa shape index (κ3) is 4.41. The molecule has 0 heterocycles. The maximum Gasteiger partial charge on any atom is 0.165 e. The minimum Gasteiger partial charge on any atom is -0.491 e. The minimum atomic E-state index is -0.686. The summed E-state index contributed by atoms with van der Waals surface area (Å²) in [5, 5.41) is 17.6. The number of nitriles is 1. The first kappa shape index (κ1) is 13.5. The minimum absolute atomic E-state index is 0.186. The van der Waals surface area contributed by atoms with E-state index in [2.05, 4.69) is 0 Å². The van der Waals surface area contributed by atoms with Gasteiger partial charge in [-0.15, -0.1) is 0 Å². The summed E-state index contributed by atoms with van der Waals surface area (Å²) in [5.74, 6) is -0.282. The van der Waals surface area contributed by atoms with Gasteiger partial charge in [0.15, 0.2) is 11.6 Å². The molecule has 0 radical (unpaired) electrons. The second kappa shape index (κ2) is 6.87. The molecular formula is C13H16FNO2. The van der Waals surface area contributed by atoms with Crippen molar-refractivity contribution in [3.05, 3.63) is 29.6 Å². The lowest BCUT2D eigenvalue weighted by atomic mass is 10.1. The molecule has 0 saturated carbocycles. The molecule has 0 bridgehead atoms. The number of aliphatic hydroxyl groups is 1. The van der Waals surface area contributed by atoms with Crippen molar-refractivity contribution in [3.8, 4) is 11.8 Å². The Kier molecular flexibility index (Phi) is 5.44. The van der Waals surface area contributed by atoms with E-state index in [0.29, 0.717) is 18.6 Å². The number of unbranched alkanes of at least 4 members (excludes halogenated alkanes) is 2. The van der Waals surface area contributed by atoms with Gasteiger partial charge in [0.05, 0.1) is 18.8 Å². The Morgan fingerprint density at radius 1 is 1.47 bits per heavy atom. The monoisotopic (exact) mass is 237 g/mol. The molecule has 0 amide bonds. The van der Waals surface area contributed by atoms with Crippen LogP contribution < -0.4 is 4.74 Å². The van der Waals surface area contributed by atoms with Crippen LogP contribution in [0.15, 0.2) is 18.2 Å². The molecule has 1 atom stereocenters. The molecule has 0 aromatic heterocycles. The van der Waals surface area contributed by atoms with Gasteiger partial charge >= 0.3 is 0 Å². The van der Waals surface area contributed by atoms with E-state index in [0.717, 1.165) is 12.8 Å². The highest BCUT2D eigenvalue weighted by Crippen LogP contribution is 2.22. The van der Waals surface area contributed by atoms with Crippen molar-refractivity contribution in [2.45, 2.75) is 32.3 Å². The predicted molar refractivity (Wildman–Crippen MR) is 62.0 cm³/mol. The lowest BCUT2D eigenvalue weighted by Gasteiger charge is -2.09. The Hall–Kier alpha value is -1.60. The molecule has 1 rings (SSSR count). The lowest BCUT2D eigenvalue weighted by molar-refractivity contribution is 0.198. The van der Waals surface area contributed by atoms with Gasteiger partial charge in [-0.1, -0.05) is 6.07 Å². The Labute approximate surface area is 100 Å². The van der Waals surface area contributed by atoms with Crippen molar-refractivity contribution in [1.29, 1.82) is 5.26 Å². The van der Waals surface area contributed by atoms with Gasteiger partial charge in [-0.2, -0.15) is 5.26 Å². The summed E-state index contributed by atoms with van der Waals surface area (Å²) in [6.45, 7) is 1.98. The topological polar surface area (TPSA) is 53.2 Å². The van der Waals surface area contributed by atoms with Crippen LogP contribution in [0.2, 0.25) is 0 Å². The highest BCUT2D eigenvalue weighted by molar-refractivity contribution is 5.30. The summed E-state index contributed by atoms with van der Waals surface area (Å²) in [6, 6.07) is 6.47. The fraction of sp³-hybridized carbons (Fsp3) is 0.462. The summed E-state index contributed by atoms with van der Waals surface area (Å²) >= 11 is 0. The molecule has 0 fully saturated rings. The third-order valence-electron chi connectivity index (χ3n) is 2.38. The van der Waals surface area contributed by atoms with Crippen LogP contribution in [0.5, 0.6) is 5.75 Å². The number of aliphatic hydroxyl groups excluding tert-OH is 1. The molecule has 1 aromatic rings. The smallest absolute Gasteiger partial charge is 0.165 e. The van der Waals surface area contributed by atoms with E-state index < -0.39 is 11.9 Å². The van der Waals surface area contributed by atoms with Crippen molar-refractivity contribution < 1.29 is 14.2 Å². The molecule has 0 saturated heterocycles.